The van der Waals surface area contributed by atoms with Gasteiger partial charge in [0.15, 0.2) is 0 Å². The van der Waals surface area contributed by atoms with E-state index in [-0.39, 0.29) is 18.7 Å². The first kappa shape index (κ1) is 36.9. The number of aliphatic carboxylic acids is 1. The molecule has 0 radical (unpaired) electrons. The molecule has 0 saturated carbocycles. The lowest BCUT2D eigenvalue weighted by Gasteiger charge is -2.10. The maximum Gasteiger partial charge on any atom is 0.339 e. The summed E-state index contributed by atoms with van der Waals surface area (Å²) in [5, 5.41) is 14.8. The lowest BCUT2D eigenvalue weighted by molar-refractivity contribution is -0.139. The second-order valence-electron chi connectivity index (χ2n) is 8.73. The Morgan fingerprint density at radius 3 is 1.34 bits per heavy atom. The third-order valence-electron chi connectivity index (χ3n) is 5.23. The number of Topliss-reactive ketones (excluding diaryl/α,β-unsaturated/α-hetero) is 1. The van der Waals surface area contributed by atoms with Crippen LogP contribution in [0.25, 0.3) is 0 Å². The first-order chi connectivity index (χ1) is 18.2. The van der Waals surface area contributed by atoms with E-state index in [2.05, 4.69) is 13.8 Å². The Labute approximate surface area is 226 Å². The summed E-state index contributed by atoms with van der Waals surface area (Å²) in [6, 6.07) is 6.74. The molecule has 0 aliphatic rings. The fourth-order valence-electron chi connectivity index (χ4n) is 3.30. The van der Waals surface area contributed by atoms with Gasteiger partial charge in [0.1, 0.15) is 12.2 Å². The van der Waals surface area contributed by atoms with Crippen molar-refractivity contribution in [3.63, 3.8) is 0 Å². The van der Waals surface area contributed by atoms with Crippen LogP contribution in [0.2, 0.25) is 0 Å². The predicted octanol–water partition coefficient (Wildman–Crippen LogP) is 6.47. The lowest BCUT2D eigenvalue weighted by atomic mass is 10.1. The van der Waals surface area contributed by atoms with Gasteiger partial charge in [0.25, 0.3) is 6.47 Å². The molecule has 1 aromatic rings. The van der Waals surface area contributed by atoms with Crippen LogP contribution < -0.4 is 0 Å². The molecule has 0 bridgehead atoms. The monoisotopic (exact) mass is 538 g/mol. The van der Waals surface area contributed by atoms with Crippen LogP contribution in [0.15, 0.2) is 24.3 Å². The smallest absolute Gasteiger partial charge is 0.339 e. The molecule has 9 nitrogen and oxygen atoms in total. The average molecular weight is 539 g/mol. The number of hydrogen-bond acceptors (Lipinski definition) is 7. The number of ketones is 1. The maximum atomic E-state index is 12.4. The van der Waals surface area contributed by atoms with Crippen molar-refractivity contribution in [2.75, 3.05) is 13.2 Å². The molecule has 0 aliphatic carbocycles. The van der Waals surface area contributed by atoms with Gasteiger partial charge in [-0.15, -0.1) is 0 Å². The number of hydrogen-bond donors (Lipinski definition) is 2. The van der Waals surface area contributed by atoms with Crippen molar-refractivity contribution in [1.29, 1.82) is 0 Å². The molecule has 0 aliphatic heterocycles. The highest BCUT2D eigenvalue weighted by Crippen LogP contribution is 2.14. The van der Waals surface area contributed by atoms with Crippen LogP contribution >= 0.6 is 0 Å². The minimum Gasteiger partial charge on any atom is -0.483 e. The minimum absolute atomic E-state index is 0.250. The number of carboxylic acids is 1. The highest BCUT2D eigenvalue weighted by molar-refractivity contribution is 6.03. The Bertz CT molecular complexity index is 729. The highest BCUT2D eigenvalue weighted by atomic mass is 16.5. The summed E-state index contributed by atoms with van der Waals surface area (Å²) in [4.78, 5) is 52.5. The van der Waals surface area contributed by atoms with Crippen molar-refractivity contribution in [3.8, 4) is 0 Å². The van der Waals surface area contributed by atoms with Gasteiger partial charge in [0.2, 0.25) is 0 Å². The van der Waals surface area contributed by atoms with Crippen molar-refractivity contribution in [2.45, 2.75) is 104 Å². The summed E-state index contributed by atoms with van der Waals surface area (Å²) in [6.45, 7) is 6.17. The highest BCUT2D eigenvalue weighted by Gasteiger charge is 2.18. The van der Waals surface area contributed by atoms with Crippen LogP contribution in [0.4, 0.5) is 0 Å². The summed E-state index contributed by atoms with van der Waals surface area (Å²) in [7, 11) is 0. The second kappa shape index (κ2) is 26.8. The molecule has 0 unspecified atom stereocenters. The van der Waals surface area contributed by atoms with Gasteiger partial charge < -0.3 is 19.7 Å². The quantitative estimate of drug-likeness (QED) is 0.0929. The molecule has 0 spiro atoms. The van der Waals surface area contributed by atoms with Crippen LogP contribution in [0.1, 0.15) is 125 Å². The fourth-order valence-corrected chi connectivity index (χ4v) is 3.30. The van der Waals surface area contributed by atoms with E-state index in [0.29, 0.717) is 24.3 Å². The second-order valence-corrected chi connectivity index (χ2v) is 8.73. The Morgan fingerprint density at radius 2 is 1.05 bits per heavy atom. The van der Waals surface area contributed by atoms with E-state index < -0.39 is 17.9 Å². The molecule has 9 heteroatoms. The van der Waals surface area contributed by atoms with Gasteiger partial charge in [-0.05, 0) is 31.9 Å². The van der Waals surface area contributed by atoms with E-state index in [9.17, 15) is 19.2 Å². The van der Waals surface area contributed by atoms with Gasteiger partial charge in [0.05, 0.1) is 24.3 Å². The summed E-state index contributed by atoms with van der Waals surface area (Å²) >= 11 is 0. The van der Waals surface area contributed by atoms with Crippen molar-refractivity contribution in [1.82, 2.24) is 0 Å². The Hall–Kier alpha value is -3.23. The van der Waals surface area contributed by atoms with E-state index >= 15 is 0 Å². The number of esters is 2. The zero-order valence-corrected chi connectivity index (χ0v) is 23.2. The molecule has 2 N–H and O–H groups in total. The molecule has 1 aromatic carbocycles. The number of ether oxygens (including phenoxy) is 2. The zero-order valence-electron chi connectivity index (χ0n) is 23.2. The van der Waals surface area contributed by atoms with E-state index in [1.54, 1.807) is 24.3 Å². The molecule has 0 aromatic heterocycles. The van der Waals surface area contributed by atoms with Crippen molar-refractivity contribution in [3.05, 3.63) is 35.4 Å². The summed E-state index contributed by atoms with van der Waals surface area (Å²) in [5.74, 6) is -2.26. The number of carbonyl (C=O) groups excluding carboxylic acids is 3. The van der Waals surface area contributed by atoms with Crippen molar-refractivity contribution < 1.29 is 43.7 Å². The normalized spacial score (nSPS) is 9.66. The average Bonchev–Trinajstić information content (AvgIpc) is 2.87. The Balaban J connectivity index is 0. The van der Waals surface area contributed by atoms with Crippen LogP contribution in [0.3, 0.4) is 0 Å². The zero-order chi connectivity index (χ0) is 29.0. The number of rotatable bonds is 18. The first-order valence-electron chi connectivity index (χ1n) is 13.5. The fraction of sp³-hybridized carbons (Fsp3) is 0.621. The van der Waals surface area contributed by atoms with Gasteiger partial charge in [-0.2, -0.15) is 0 Å². The molecule has 0 amide bonds. The Morgan fingerprint density at radius 1 is 0.711 bits per heavy atom. The van der Waals surface area contributed by atoms with Crippen molar-refractivity contribution >= 4 is 30.2 Å². The SMILES string of the molecule is CC(=O)CC(=O)O.CCCCCCCCOC(=O)c1ccccc1C(=O)OCCCCCCCC.O=CO. The first-order valence-corrected chi connectivity index (χ1v) is 13.5. The molecule has 38 heavy (non-hydrogen) atoms. The third-order valence-corrected chi connectivity index (χ3v) is 5.23. The molecule has 0 fully saturated rings. The third kappa shape index (κ3) is 23.2. The van der Waals surface area contributed by atoms with Gasteiger partial charge in [-0.1, -0.05) is 90.2 Å². The lowest BCUT2D eigenvalue weighted by Crippen LogP contribution is -2.15. The van der Waals surface area contributed by atoms with E-state index in [0.717, 1.165) is 25.7 Å². The number of unbranched alkanes of at least 4 members (excludes halogenated alkanes) is 10. The van der Waals surface area contributed by atoms with Gasteiger partial charge in [-0.3, -0.25) is 14.4 Å². The summed E-state index contributed by atoms with van der Waals surface area (Å²) in [5.41, 5.74) is 0.586. The molecular formula is C29H46O9. The van der Waals surface area contributed by atoms with Crippen LogP contribution in [0, 0.1) is 0 Å². The topological polar surface area (TPSA) is 144 Å². The summed E-state index contributed by atoms with van der Waals surface area (Å²) < 4.78 is 10.7. The van der Waals surface area contributed by atoms with Crippen LogP contribution in [0.5, 0.6) is 0 Å². The standard InChI is InChI=1S/C24H38O4.C4H6O3.CH2O2/c1-3-5-7-9-11-15-19-27-23(25)21-17-13-14-18-22(21)24(26)28-20-16-12-10-8-6-4-2;1-3(5)2-4(6)7;2-1-3/h13-14,17-18H,3-12,15-16,19-20H2,1-2H3;2H2,1H3,(H,6,7);1H,(H,2,3). The Kier molecular flexibility index (Phi) is 26.1. The number of carboxylic acid groups (broad SMARTS) is 2. The molecular weight excluding hydrogens is 492 g/mol. The molecule has 216 valence electrons. The molecule has 0 saturated heterocycles. The van der Waals surface area contributed by atoms with Gasteiger partial charge in [-0.25, -0.2) is 9.59 Å². The summed E-state index contributed by atoms with van der Waals surface area (Å²) in [6.07, 6.45) is 13.3. The molecule has 1 rings (SSSR count). The minimum atomic E-state index is -1.06. The molecule has 0 heterocycles. The number of benzene rings is 1. The van der Waals surface area contributed by atoms with Crippen LogP contribution in [-0.4, -0.2) is 53.6 Å². The van der Waals surface area contributed by atoms with Crippen molar-refractivity contribution in [2.24, 2.45) is 0 Å². The van der Waals surface area contributed by atoms with E-state index in [1.807, 2.05) is 0 Å². The largest absolute Gasteiger partial charge is 0.483 e. The van der Waals surface area contributed by atoms with Crippen LogP contribution in [-0.2, 0) is 23.9 Å². The van der Waals surface area contributed by atoms with Gasteiger partial charge >= 0.3 is 17.9 Å². The van der Waals surface area contributed by atoms with E-state index in [1.165, 1.54) is 58.3 Å². The number of carbonyl (C=O) groups is 5. The molecule has 0 atom stereocenters. The van der Waals surface area contributed by atoms with Gasteiger partial charge in [0, 0.05) is 0 Å². The maximum absolute atomic E-state index is 12.4. The van der Waals surface area contributed by atoms with E-state index in [4.69, 9.17) is 24.5 Å². The predicted molar refractivity (Wildman–Crippen MR) is 145 cm³/mol.